The monoisotopic (exact) mass is 304 g/mol. The fourth-order valence-electron chi connectivity index (χ4n) is 1.65. The third-order valence-electron chi connectivity index (χ3n) is 2.25. The van der Waals surface area contributed by atoms with Crippen LogP contribution in [-0.4, -0.2) is 18.1 Å². The van der Waals surface area contributed by atoms with Crippen LogP contribution in [0.5, 0.6) is 0 Å². The van der Waals surface area contributed by atoms with E-state index in [4.69, 9.17) is 0 Å². The Hall–Kier alpha value is -0.0900. The molecule has 1 aliphatic rings. The molecule has 2 heterocycles. The van der Waals surface area contributed by atoms with Gasteiger partial charge in [0.15, 0.2) is 0 Å². The summed E-state index contributed by atoms with van der Waals surface area (Å²) in [4.78, 5) is 6.48. The fraction of sp³-hybridized carbons (Fsp3) is 0.444. The van der Waals surface area contributed by atoms with E-state index in [9.17, 15) is 0 Å². The van der Waals surface area contributed by atoms with Gasteiger partial charge in [-0.1, -0.05) is 0 Å². The van der Waals surface area contributed by atoms with Crippen molar-refractivity contribution in [2.45, 2.75) is 12.8 Å². The average Bonchev–Trinajstić information content (AvgIpc) is 2.57. The van der Waals surface area contributed by atoms with Gasteiger partial charge < -0.3 is 4.90 Å². The zero-order valence-electron chi connectivity index (χ0n) is 7.13. The van der Waals surface area contributed by atoms with Gasteiger partial charge in [-0.15, -0.1) is 0 Å². The molecule has 0 bridgehead atoms. The van der Waals surface area contributed by atoms with Gasteiger partial charge >= 0.3 is 0 Å². The molecule has 0 amide bonds. The molecule has 4 heteroatoms. The summed E-state index contributed by atoms with van der Waals surface area (Å²) in [6.45, 7) is 2.31. The van der Waals surface area contributed by atoms with Gasteiger partial charge in [0, 0.05) is 25.5 Å². The Balaban J connectivity index is 2.37. The first-order chi connectivity index (χ1) is 6.29. The maximum atomic E-state index is 4.10. The first-order valence-corrected chi connectivity index (χ1v) is 5.91. The summed E-state index contributed by atoms with van der Waals surface area (Å²) in [5, 5.41) is 0. The molecule has 1 fully saturated rings. The summed E-state index contributed by atoms with van der Waals surface area (Å²) in [6.07, 6.45) is 6.28. The fourth-order valence-corrected chi connectivity index (χ4v) is 3.08. The van der Waals surface area contributed by atoms with E-state index in [0.717, 1.165) is 22.0 Å². The highest BCUT2D eigenvalue weighted by Crippen LogP contribution is 2.34. The Morgan fingerprint density at radius 1 is 1.08 bits per heavy atom. The van der Waals surface area contributed by atoms with E-state index in [1.54, 1.807) is 0 Å². The van der Waals surface area contributed by atoms with E-state index in [-0.39, 0.29) is 0 Å². The van der Waals surface area contributed by atoms with Crippen LogP contribution < -0.4 is 4.90 Å². The topological polar surface area (TPSA) is 16.1 Å². The summed E-state index contributed by atoms with van der Waals surface area (Å²) < 4.78 is 2.15. The van der Waals surface area contributed by atoms with Crippen LogP contribution in [0.4, 0.5) is 5.69 Å². The van der Waals surface area contributed by atoms with Crippen LogP contribution in [0.1, 0.15) is 12.8 Å². The first kappa shape index (κ1) is 9.46. The molecule has 0 aromatic carbocycles. The van der Waals surface area contributed by atoms with Gasteiger partial charge in [-0.25, -0.2) is 0 Å². The van der Waals surface area contributed by atoms with Crippen LogP contribution in [0.25, 0.3) is 0 Å². The molecule has 1 aromatic rings. The van der Waals surface area contributed by atoms with Gasteiger partial charge in [0.2, 0.25) is 0 Å². The van der Waals surface area contributed by atoms with Crippen molar-refractivity contribution in [3.63, 3.8) is 0 Å². The smallest absolute Gasteiger partial charge is 0.0686 e. The number of hydrogen-bond acceptors (Lipinski definition) is 2. The third kappa shape index (κ3) is 1.89. The zero-order chi connectivity index (χ0) is 9.26. The van der Waals surface area contributed by atoms with E-state index < -0.39 is 0 Å². The van der Waals surface area contributed by atoms with Crippen molar-refractivity contribution in [1.82, 2.24) is 4.98 Å². The van der Waals surface area contributed by atoms with Crippen LogP contribution in [0.15, 0.2) is 21.3 Å². The van der Waals surface area contributed by atoms with Crippen molar-refractivity contribution in [2.24, 2.45) is 0 Å². The Bertz CT molecular complexity index is 288. The van der Waals surface area contributed by atoms with E-state index in [2.05, 4.69) is 41.7 Å². The third-order valence-corrected chi connectivity index (χ3v) is 3.41. The maximum absolute atomic E-state index is 4.10. The molecular formula is C9H10Br2N2. The SMILES string of the molecule is Brc1cncc(Br)c1N1CCCC1. The van der Waals surface area contributed by atoms with Crippen LogP contribution in [0.2, 0.25) is 0 Å². The Morgan fingerprint density at radius 2 is 1.62 bits per heavy atom. The van der Waals surface area contributed by atoms with Crippen LogP contribution in [0, 0.1) is 0 Å². The lowest BCUT2D eigenvalue weighted by Crippen LogP contribution is -2.18. The molecule has 0 atom stereocenters. The molecule has 2 nitrogen and oxygen atoms in total. The molecule has 70 valence electrons. The Kier molecular flexibility index (Phi) is 2.89. The number of rotatable bonds is 1. The molecule has 0 unspecified atom stereocenters. The van der Waals surface area contributed by atoms with Crippen LogP contribution in [-0.2, 0) is 0 Å². The standard InChI is InChI=1S/C9H10Br2N2/c10-7-5-12-6-8(11)9(7)13-3-1-2-4-13/h5-6H,1-4H2. The van der Waals surface area contributed by atoms with E-state index in [0.29, 0.717) is 0 Å². The maximum Gasteiger partial charge on any atom is 0.0686 e. The lowest BCUT2D eigenvalue weighted by molar-refractivity contribution is 0.949. The lowest BCUT2D eigenvalue weighted by Gasteiger charge is -2.20. The molecule has 1 aromatic heterocycles. The summed E-state index contributed by atoms with van der Waals surface area (Å²) in [7, 11) is 0. The predicted molar refractivity (Wildman–Crippen MR) is 61.1 cm³/mol. The number of hydrogen-bond donors (Lipinski definition) is 0. The minimum atomic E-state index is 1.07. The molecule has 0 aliphatic carbocycles. The highest BCUT2D eigenvalue weighted by molar-refractivity contribution is 9.11. The van der Waals surface area contributed by atoms with E-state index in [1.807, 2.05) is 12.4 Å². The molecule has 2 rings (SSSR count). The minimum Gasteiger partial charge on any atom is -0.370 e. The molecule has 13 heavy (non-hydrogen) atoms. The highest BCUT2D eigenvalue weighted by Gasteiger charge is 2.17. The van der Waals surface area contributed by atoms with Gasteiger partial charge in [-0.05, 0) is 44.7 Å². The summed E-state index contributed by atoms with van der Waals surface area (Å²) in [5.74, 6) is 0. The van der Waals surface area contributed by atoms with E-state index >= 15 is 0 Å². The molecule has 0 radical (unpaired) electrons. The molecule has 0 N–H and O–H groups in total. The van der Waals surface area contributed by atoms with Gasteiger partial charge in [0.25, 0.3) is 0 Å². The van der Waals surface area contributed by atoms with Crippen molar-refractivity contribution in [3.8, 4) is 0 Å². The number of anilines is 1. The minimum absolute atomic E-state index is 1.07. The Morgan fingerprint density at radius 3 is 2.15 bits per heavy atom. The van der Waals surface area contributed by atoms with Crippen LogP contribution >= 0.6 is 31.9 Å². The first-order valence-electron chi connectivity index (χ1n) is 4.33. The molecule has 1 saturated heterocycles. The number of aromatic nitrogens is 1. The highest BCUT2D eigenvalue weighted by atomic mass is 79.9. The van der Waals surface area contributed by atoms with Crippen molar-refractivity contribution in [3.05, 3.63) is 21.3 Å². The number of nitrogens with zero attached hydrogens (tertiary/aromatic N) is 2. The summed E-state index contributed by atoms with van der Waals surface area (Å²) >= 11 is 7.05. The largest absolute Gasteiger partial charge is 0.370 e. The van der Waals surface area contributed by atoms with Gasteiger partial charge in [-0.3, -0.25) is 4.98 Å². The van der Waals surface area contributed by atoms with Gasteiger partial charge in [0.05, 0.1) is 14.6 Å². The lowest BCUT2D eigenvalue weighted by atomic mass is 10.4. The van der Waals surface area contributed by atoms with E-state index in [1.165, 1.54) is 18.5 Å². The Labute approximate surface area is 94.6 Å². The number of halogens is 2. The van der Waals surface area contributed by atoms with Gasteiger partial charge in [-0.2, -0.15) is 0 Å². The summed E-state index contributed by atoms with van der Waals surface area (Å²) in [5.41, 5.74) is 1.24. The quantitative estimate of drug-likeness (QED) is 0.792. The molecular weight excluding hydrogens is 296 g/mol. The zero-order valence-corrected chi connectivity index (χ0v) is 10.3. The molecule has 1 aliphatic heterocycles. The summed E-state index contributed by atoms with van der Waals surface area (Å²) in [6, 6.07) is 0. The van der Waals surface area contributed by atoms with Crippen molar-refractivity contribution >= 4 is 37.5 Å². The molecule has 0 saturated carbocycles. The second kappa shape index (κ2) is 3.96. The van der Waals surface area contributed by atoms with Crippen LogP contribution in [0.3, 0.4) is 0 Å². The van der Waals surface area contributed by atoms with Gasteiger partial charge in [0.1, 0.15) is 0 Å². The average molecular weight is 306 g/mol. The second-order valence-corrected chi connectivity index (χ2v) is 4.85. The number of pyridine rings is 1. The second-order valence-electron chi connectivity index (χ2n) is 3.15. The molecule has 0 spiro atoms. The predicted octanol–water partition coefficient (Wildman–Crippen LogP) is 3.21. The van der Waals surface area contributed by atoms with Crippen molar-refractivity contribution in [2.75, 3.05) is 18.0 Å². The normalized spacial score (nSPS) is 16.6. The van der Waals surface area contributed by atoms with Crippen molar-refractivity contribution in [1.29, 1.82) is 0 Å². The van der Waals surface area contributed by atoms with Crippen molar-refractivity contribution < 1.29 is 0 Å².